The molecule has 126 valence electrons. The number of rotatable bonds is 4. The van der Waals surface area contributed by atoms with Crippen LogP contribution in [-0.2, 0) is 0 Å². The summed E-state index contributed by atoms with van der Waals surface area (Å²) < 4.78 is 5.39. The molecule has 5 heteroatoms. The lowest BCUT2D eigenvalue weighted by Crippen LogP contribution is -3.00. The molecule has 0 atom stereocenters. The summed E-state index contributed by atoms with van der Waals surface area (Å²) in [6, 6.07) is 16.4. The predicted molar refractivity (Wildman–Crippen MR) is 97.8 cm³/mol. The number of ether oxygens (including phenoxy) is 1. The fraction of sp³-hybridized carbons (Fsp3) is 0.211. The molecular weight excluding hydrogens is 343 g/mol. The van der Waals surface area contributed by atoms with Crippen LogP contribution in [0.1, 0.15) is 5.56 Å². The van der Waals surface area contributed by atoms with Crippen LogP contribution in [0.3, 0.4) is 0 Å². The number of benzene rings is 2. The average molecular weight is 363 g/mol. The third-order valence-electron chi connectivity index (χ3n) is 3.62. The molecule has 0 unspecified atom stereocenters. The molecule has 0 radical (unpaired) electrons. The molecule has 0 bridgehead atoms. The van der Waals surface area contributed by atoms with E-state index in [1.165, 1.54) is 5.56 Å². The molecule has 0 amide bonds. The standard InChI is InChI=1S/C19H19N2O.2ClH/c1-21(2)13-18-19(14-7-5-4-6-8-14)17-11-16(22-3)10-9-15(17)12-20-18;;/h4-11H,13H2,1-3H3;2*1H/q+1;;/p-1. The largest absolute Gasteiger partial charge is 1.00 e. The van der Waals surface area contributed by atoms with Crippen molar-refractivity contribution < 1.29 is 17.1 Å². The van der Waals surface area contributed by atoms with Crippen molar-refractivity contribution in [1.82, 2.24) is 4.90 Å². The van der Waals surface area contributed by atoms with E-state index in [1.54, 1.807) is 7.11 Å². The van der Waals surface area contributed by atoms with Gasteiger partial charge in [0.2, 0.25) is 0 Å². The number of hydrogen-bond acceptors (Lipinski definition) is 3. The Morgan fingerprint density at radius 3 is 2.42 bits per heavy atom. The highest BCUT2D eigenvalue weighted by molar-refractivity contribution is 6.25. The molecule has 0 saturated heterocycles. The molecule has 3 nitrogen and oxygen atoms in total. The normalized spacial score (nSPS) is 12.0. The van der Waals surface area contributed by atoms with E-state index in [-0.39, 0.29) is 24.8 Å². The van der Waals surface area contributed by atoms with Crippen LogP contribution in [0.2, 0.25) is 0 Å². The summed E-state index contributed by atoms with van der Waals surface area (Å²) >= 11 is 0. The van der Waals surface area contributed by atoms with Crippen molar-refractivity contribution in [2.24, 2.45) is 4.99 Å². The topological polar surface area (TPSA) is 24.8 Å². The minimum atomic E-state index is 0. The molecule has 0 saturated carbocycles. The van der Waals surface area contributed by atoms with Gasteiger partial charge in [-0.25, -0.2) is 0 Å². The maximum Gasteiger partial charge on any atom is 0.176 e. The van der Waals surface area contributed by atoms with E-state index in [1.807, 2.05) is 32.3 Å². The van der Waals surface area contributed by atoms with Gasteiger partial charge in [0, 0.05) is 23.8 Å². The summed E-state index contributed by atoms with van der Waals surface area (Å²) in [7, 11) is 5.79. The summed E-state index contributed by atoms with van der Waals surface area (Å²) in [5.74, 6) is 0.847. The molecule has 0 fully saturated rings. The van der Waals surface area contributed by atoms with Crippen LogP contribution in [-0.4, -0.2) is 38.4 Å². The zero-order chi connectivity index (χ0) is 15.5. The van der Waals surface area contributed by atoms with Crippen molar-refractivity contribution in [3.05, 3.63) is 64.5 Å². The smallest absolute Gasteiger partial charge is 0.176 e. The number of aliphatic imine (C=N–C) groups is 1. The van der Waals surface area contributed by atoms with Crippen molar-refractivity contribution >= 4 is 29.9 Å². The minimum absolute atomic E-state index is 0. The number of halogens is 2. The molecule has 1 heterocycles. The van der Waals surface area contributed by atoms with Gasteiger partial charge < -0.3 is 17.1 Å². The Hall–Kier alpha value is -1.90. The Balaban J connectivity index is 0.00000144. The molecule has 1 aliphatic rings. The van der Waals surface area contributed by atoms with Crippen molar-refractivity contribution in [3.63, 3.8) is 0 Å². The molecular formula is C19H20Cl2N2O. The van der Waals surface area contributed by atoms with Gasteiger partial charge in [-0.3, -0.25) is 4.90 Å². The van der Waals surface area contributed by atoms with Crippen LogP contribution in [0.4, 0.5) is 0 Å². The summed E-state index contributed by atoms with van der Waals surface area (Å²) in [4.78, 5) is 6.69. The number of methoxy groups -OCH3 is 1. The summed E-state index contributed by atoms with van der Waals surface area (Å²) in [6.07, 6.45) is 3.15. The van der Waals surface area contributed by atoms with Crippen molar-refractivity contribution in [2.45, 2.75) is 0 Å². The van der Waals surface area contributed by atoms with Gasteiger partial charge in [-0.2, -0.15) is 0 Å². The second kappa shape index (κ2) is 8.81. The molecule has 0 N–H and O–H groups in total. The van der Waals surface area contributed by atoms with Crippen LogP contribution in [0.5, 0.6) is 5.75 Å². The first-order valence-electron chi connectivity index (χ1n) is 7.27. The SMILES string of the molecule is COc1ccc2c(c1)=C(c1ccccc1)C(CN(C)C)=N[C+]=2.Cl.[Cl-]. The molecule has 0 aromatic heterocycles. The highest BCUT2D eigenvalue weighted by Gasteiger charge is 2.22. The van der Waals surface area contributed by atoms with Gasteiger partial charge in [0.1, 0.15) is 11.9 Å². The van der Waals surface area contributed by atoms with Gasteiger partial charge in [-0.05, 0) is 14.1 Å². The fourth-order valence-corrected chi connectivity index (χ4v) is 2.63. The van der Waals surface area contributed by atoms with Gasteiger partial charge in [0.15, 0.2) is 10.9 Å². The zero-order valence-corrected chi connectivity index (χ0v) is 15.5. The van der Waals surface area contributed by atoms with Crippen LogP contribution < -0.4 is 27.6 Å². The monoisotopic (exact) mass is 362 g/mol. The second-order valence-corrected chi connectivity index (χ2v) is 5.56. The molecule has 1 aliphatic heterocycles. The van der Waals surface area contributed by atoms with Crippen LogP contribution in [0.25, 0.3) is 11.8 Å². The van der Waals surface area contributed by atoms with Crippen molar-refractivity contribution in [3.8, 4) is 5.75 Å². The number of hydrogen-bond donors (Lipinski definition) is 0. The zero-order valence-electron chi connectivity index (χ0n) is 13.9. The van der Waals surface area contributed by atoms with E-state index < -0.39 is 0 Å². The van der Waals surface area contributed by atoms with E-state index >= 15 is 0 Å². The summed E-state index contributed by atoms with van der Waals surface area (Å²) in [5.41, 5.74) is 3.35. The maximum absolute atomic E-state index is 5.39. The maximum atomic E-state index is 5.39. The van der Waals surface area contributed by atoms with E-state index in [2.05, 4.69) is 46.4 Å². The van der Waals surface area contributed by atoms with Gasteiger partial charge in [0.25, 0.3) is 0 Å². The van der Waals surface area contributed by atoms with Crippen molar-refractivity contribution in [1.29, 1.82) is 0 Å². The lowest BCUT2D eigenvalue weighted by atomic mass is 9.95. The quantitative estimate of drug-likeness (QED) is 0.648. The Labute approximate surface area is 155 Å². The predicted octanol–water partition coefficient (Wildman–Crippen LogP) is -1.05. The van der Waals surface area contributed by atoms with E-state index in [4.69, 9.17) is 4.74 Å². The summed E-state index contributed by atoms with van der Waals surface area (Å²) in [5, 5.41) is 2.12. The van der Waals surface area contributed by atoms with Crippen LogP contribution in [0, 0.1) is 0 Å². The third-order valence-corrected chi connectivity index (χ3v) is 3.62. The first-order chi connectivity index (χ1) is 10.7. The van der Waals surface area contributed by atoms with E-state index in [0.717, 1.165) is 34.0 Å². The van der Waals surface area contributed by atoms with Gasteiger partial charge in [-0.1, -0.05) is 30.3 Å². The van der Waals surface area contributed by atoms with Crippen LogP contribution in [0.15, 0.2) is 53.5 Å². The van der Waals surface area contributed by atoms with E-state index in [9.17, 15) is 0 Å². The third kappa shape index (κ3) is 4.14. The highest BCUT2D eigenvalue weighted by atomic mass is 35.5. The number of nitrogens with zero attached hydrogens (tertiary/aromatic N) is 2. The highest BCUT2D eigenvalue weighted by Crippen LogP contribution is 2.16. The van der Waals surface area contributed by atoms with Crippen LogP contribution >= 0.6 is 12.4 Å². The Morgan fingerprint density at radius 2 is 1.79 bits per heavy atom. The molecule has 2 aromatic rings. The lowest BCUT2D eigenvalue weighted by Gasteiger charge is -2.12. The Kier molecular flexibility index (Phi) is 7.40. The molecule has 0 spiro atoms. The van der Waals surface area contributed by atoms with Gasteiger partial charge >= 0.3 is 0 Å². The van der Waals surface area contributed by atoms with Gasteiger partial charge in [0.05, 0.1) is 24.4 Å². The summed E-state index contributed by atoms with van der Waals surface area (Å²) in [6.45, 7) is 0.772. The molecule has 2 aromatic carbocycles. The Morgan fingerprint density at radius 1 is 1.08 bits per heavy atom. The fourth-order valence-electron chi connectivity index (χ4n) is 2.63. The Bertz CT molecular complexity index is 830. The first-order valence-corrected chi connectivity index (χ1v) is 7.27. The number of fused-ring (bicyclic) bond motifs is 1. The average Bonchev–Trinajstić information content (AvgIpc) is 2.54. The molecule has 0 aliphatic carbocycles. The van der Waals surface area contributed by atoms with Gasteiger partial charge in [-0.15, -0.1) is 17.4 Å². The van der Waals surface area contributed by atoms with E-state index in [0.29, 0.717) is 0 Å². The first kappa shape index (κ1) is 20.1. The molecule has 24 heavy (non-hydrogen) atoms. The minimum Gasteiger partial charge on any atom is -1.00 e. The second-order valence-electron chi connectivity index (χ2n) is 5.56. The molecule has 3 rings (SSSR count). The lowest BCUT2D eigenvalue weighted by molar-refractivity contribution is -0.00000501. The van der Waals surface area contributed by atoms with Crippen molar-refractivity contribution in [2.75, 3.05) is 27.7 Å².